The Morgan fingerprint density at radius 1 is 1.36 bits per heavy atom. The molecule has 2 unspecified atom stereocenters. The first-order chi connectivity index (χ1) is 10.7. The van der Waals surface area contributed by atoms with Gasteiger partial charge in [0.1, 0.15) is 6.04 Å². The van der Waals surface area contributed by atoms with Crippen molar-refractivity contribution in [1.29, 1.82) is 0 Å². The van der Waals surface area contributed by atoms with E-state index < -0.39 is 12.1 Å². The topological polar surface area (TPSA) is 70.7 Å². The minimum Gasteiger partial charge on any atom is -0.371 e. The van der Waals surface area contributed by atoms with Gasteiger partial charge in [-0.05, 0) is 12.5 Å². The summed E-state index contributed by atoms with van der Waals surface area (Å²) in [5.74, 6) is -0.0887. The van der Waals surface area contributed by atoms with Crippen LogP contribution >= 0.6 is 0 Å². The Morgan fingerprint density at radius 2 is 2.05 bits per heavy atom. The molecule has 0 bridgehead atoms. The fourth-order valence-corrected chi connectivity index (χ4v) is 2.46. The molecule has 22 heavy (non-hydrogen) atoms. The Bertz CT molecular complexity index is 475. The minimum absolute atomic E-state index is 0.0887. The molecule has 0 saturated carbocycles. The van der Waals surface area contributed by atoms with Crippen LogP contribution in [0.5, 0.6) is 0 Å². The van der Waals surface area contributed by atoms with Crippen molar-refractivity contribution in [3.05, 3.63) is 35.9 Å². The molecule has 1 aliphatic rings. The summed E-state index contributed by atoms with van der Waals surface area (Å²) < 4.78 is 5.77. The summed E-state index contributed by atoms with van der Waals surface area (Å²) in [4.78, 5) is 25.1. The summed E-state index contributed by atoms with van der Waals surface area (Å²) in [6, 6.07) is 9.10. The van der Waals surface area contributed by atoms with E-state index in [4.69, 9.17) is 4.74 Å². The predicted octanol–water partition coefficient (Wildman–Crippen LogP) is 0.138. The maximum Gasteiger partial charge on any atom is 0.247 e. The molecule has 0 aromatic heterocycles. The van der Waals surface area contributed by atoms with Crippen LogP contribution in [0, 0.1) is 0 Å². The van der Waals surface area contributed by atoms with E-state index in [1.54, 1.807) is 4.90 Å². The van der Waals surface area contributed by atoms with Crippen LogP contribution in [-0.2, 0) is 20.9 Å². The Morgan fingerprint density at radius 3 is 2.68 bits per heavy atom. The zero-order valence-corrected chi connectivity index (χ0v) is 12.8. The first-order valence-electron chi connectivity index (χ1n) is 7.57. The highest BCUT2D eigenvalue weighted by atomic mass is 16.5. The summed E-state index contributed by atoms with van der Waals surface area (Å²) in [7, 11) is 0. The second-order valence-electron chi connectivity index (χ2n) is 5.34. The molecule has 0 aliphatic carbocycles. The van der Waals surface area contributed by atoms with Crippen LogP contribution in [0.25, 0.3) is 0 Å². The van der Waals surface area contributed by atoms with Gasteiger partial charge in [-0.1, -0.05) is 30.3 Å². The Hall–Kier alpha value is -1.92. The number of nitrogens with zero attached hydrogens (tertiary/aromatic N) is 1. The lowest BCUT2D eigenvalue weighted by Gasteiger charge is -2.32. The number of hydrogen-bond donors (Lipinski definition) is 2. The number of rotatable bonds is 7. The molecule has 1 aromatic carbocycles. The number of amides is 2. The molecule has 6 heteroatoms. The standard InChI is InChI=1S/C16H23N3O3/c1-13(22-11-14-5-3-2-4-6-14)15(18-12-20)16(21)19-9-7-17-8-10-19/h2-6,12-13,15,17H,7-11H2,1H3,(H,18,20). The van der Waals surface area contributed by atoms with Gasteiger partial charge in [0, 0.05) is 26.2 Å². The van der Waals surface area contributed by atoms with Crippen LogP contribution in [-0.4, -0.2) is 55.5 Å². The van der Waals surface area contributed by atoms with Crippen LogP contribution in [0.3, 0.4) is 0 Å². The second kappa shape index (κ2) is 8.51. The van der Waals surface area contributed by atoms with Gasteiger partial charge in [-0.3, -0.25) is 9.59 Å². The van der Waals surface area contributed by atoms with Crippen LogP contribution in [0.1, 0.15) is 12.5 Å². The molecule has 1 aliphatic heterocycles. The smallest absolute Gasteiger partial charge is 0.247 e. The summed E-state index contributed by atoms with van der Waals surface area (Å²) in [5.41, 5.74) is 1.04. The number of carbonyl (C=O) groups excluding carboxylic acids is 2. The van der Waals surface area contributed by atoms with Gasteiger partial charge in [0.2, 0.25) is 12.3 Å². The largest absolute Gasteiger partial charge is 0.371 e. The highest BCUT2D eigenvalue weighted by Crippen LogP contribution is 2.09. The van der Waals surface area contributed by atoms with Crippen LogP contribution in [0.15, 0.2) is 30.3 Å². The zero-order valence-electron chi connectivity index (χ0n) is 12.8. The molecule has 2 N–H and O–H groups in total. The van der Waals surface area contributed by atoms with E-state index >= 15 is 0 Å². The van der Waals surface area contributed by atoms with Gasteiger partial charge in [-0.15, -0.1) is 0 Å². The molecular weight excluding hydrogens is 282 g/mol. The van der Waals surface area contributed by atoms with Crippen molar-refractivity contribution in [2.24, 2.45) is 0 Å². The fraction of sp³-hybridized carbons (Fsp3) is 0.500. The molecule has 1 aromatic rings. The molecular formula is C16H23N3O3. The van der Waals surface area contributed by atoms with Crippen LogP contribution in [0.2, 0.25) is 0 Å². The molecule has 2 rings (SSSR count). The maximum absolute atomic E-state index is 12.5. The second-order valence-corrected chi connectivity index (χ2v) is 5.34. The highest BCUT2D eigenvalue weighted by molar-refractivity contribution is 5.84. The van der Waals surface area contributed by atoms with E-state index in [2.05, 4.69) is 10.6 Å². The average Bonchev–Trinajstić information content (AvgIpc) is 2.58. The Balaban J connectivity index is 1.93. The SMILES string of the molecule is CC(OCc1ccccc1)C(NC=O)C(=O)N1CCNCC1. The third-order valence-electron chi connectivity index (χ3n) is 3.77. The van der Waals surface area contributed by atoms with Crippen molar-refractivity contribution < 1.29 is 14.3 Å². The van der Waals surface area contributed by atoms with Crippen molar-refractivity contribution in [3.63, 3.8) is 0 Å². The number of nitrogens with one attached hydrogen (secondary N) is 2. The molecule has 1 fully saturated rings. The van der Waals surface area contributed by atoms with E-state index in [9.17, 15) is 9.59 Å². The normalized spacial score (nSPS) is 17.6. The summed E-state index contributed by atoms with van der Waals surface area (Å²) in [6.07, 6.45) is 0.167. The van der Waals surface area contributed by atoms with Crippen molar-refractivity contribution in [2.45, 2.75) is 25.7 Å². The predicted molar refractivity (Wildman–Crippen MR) is 83.1 cm³/mol. The lowest BCUT2D eigenvalue weighted by molar-refractivity contribution is -0.139. The average molecular weight is 305 g/mol. The third-order valence-corrected chi connectivity index (χ3v) is 3.77. The number of ether oxygens (including phenoxy) is 1. The van der Waals surface area contributed by atoms with Crippen LogP contribution < -0.4 is 10.6 Å². The lowest BCUT2D eigenvalue weighted by atomic mass is 10.1. The zero-order chi connectivity index (χ0) is 15.8. The van der Waals surface area contributed by atoms with Gasteiger partial charge in [0.05, 0.1) is 12.7 Å². The Kier molecular flexibility index (Phi) is 6.36. The maximum atomic E-state index is 12.5. The summed E-state index contributed by atoms with van der Waals surface area (Å²) in [6.45, 7) is 5.08. The molecule has 0 spiro atoms. The van der Waals surface area contributed by atoms with Crippen LogP contribution in [0.4, 0.5) is 0 Å². The van der Waals surface area contributed by atoms with Gasteiger partial charge in [-0.25, -0.2) is 0 Å². The minimum atomic E-state index is -0.653. The molecule has 2 atom stereocenters. The van der Waals surface area contributed by atoms with Crippen molar-refractivity contribution >= 4 is 12.3 Å². The van der Waals surface area contributed by atoms with E-state index in [1.165, 1.54) is 0 Å². The lowest BCUT2D eigenvalue weighted by Crippen LogP contribution is -2.56. The Labute approximate surface area is 130 Å². The number of benzene rings is 1. The third kappa shape index (κ3) is 4.54. The van der Waals surface area contributed by atoms with E-state index in [0.29, 0.717) is 26.1 Å². The summed E-state index contributed by atoms with van der Waals surface area (Å²) >= 11 is 0. The molecule has 6 nitrogen and oxygen atoms in total. The molecule has 0 radical (unpaired) electrons. The first kappa shape index (κ1) is 16.5. The quantitative estimate of drug-likeness (QED) is 0.703. The van der Waals surface area contributed by atoms with Crippen molar-refractivity contribution in [2.75, 3.05) is 26.2 Å². The van der Waals surface area contributed by atoms with Crippen molar-refractivity contribution in [3.8, 4) is 0 Å². The first-order valence-corrected chi connectivity index (χ1v) is 7.57. The van der Waals surface area contributed by atoms with E-state index in [-0.39, 0.29) is 5.91 Å². The van der Waals surface area contributed by atoms with Crippen molar-refractivity contribution in [1.82, 2.24) is 15.5 Å². The van der Waals surface area contributed by atoms with Gasteiger partial charge < -0.3 is 20.3 Å². The van der Waals surface area contributed by atoms with Gasteiger partial charge in [0.25, 0.3) is 0 Å². The molecule has 1 heterocycles. The molecule has 1 saturated heterocycles. The van der Waals surface area contributed by atoms with Gasteiger partial charge in [-0.2, -0.15) is 0 Å². The number of carbonyl (C=O) groups is 2. The van der Waals surface area contributed by atoms with E-state index in [0.717, 1.165) is 18.7 Å². The monoisotopic (exact) mass is 305 g/mol. The molecule has 2 amide bonds. The van der Waals surface area contributed by atoms with Gasteiger partial charge in [0.15, 0.2) is 0 Å². The fourth-order valence-electron chi connectivity index (χ4n) is 2.46. The highest BCUT2D eigenvalue weighted by Gasteiger charge is 2.30. The summed E-state index contributed by atoms with van der Waals surface area (Å²) in [5, 5.41) is 5.80. The van der Waals surface area contributed by atoms with E-state index in [1.807, 2.05) is 37.3 Å². The van der Waals surface area contributed by atoms with Gasteiger partial charge >= 0.3 is 0 Å². The molecule has 120 valence electrons. The number of piperazine rings is 1. The number of hydrogen-bond acceptors (Lipinski definition) is 4.